The molecule has 0 bridgehead atoms. The third-order valence-electron chi connectivity index (χ3n) is 5.47. The Kier molecular flexibility index (Phi) is 6.86. The second-order valence-electron chi connectivity index (χ2n) is 7.45. The van der Waals surface area contributed by atoms with Crippen LogP contribution in [-0.2, 0) is 9.59 Å². The van der Waals surface area contributed by atoms with Crippen molar-refractivity contribution in [1.82, 2.24) is 15.2 Å². The highest BCUT2D eigenvalue weighted by atomic mass is 16.5. The fourth-order valence-electron chi connectivity index (χ4n) is 3.86. The quantitative estimate of drug-likeness (QED) is 0.740. The normalized spacial score (nSPS) is 19.8. The molecule has 1 N–H and O–H groups in total. The van der Waals surface area contributed by atoms with E-state index in [1.165, 1.54) is 0 Å². The van der Waals surface area contributed by atoms with Crippen molar-refractivity contribution in [1.29, 1.82) is 0 Å². The molecular weight excluding hydrogens is 366 g/mol. The van der Waals surface area contributed by atoms with Gasteiger partial charge in [0.2, 0.25) is 11.8 Å². The Hall–Kier alpha value is -2.89. The molecule has 1 aliphatic heterocycles. The Labute approximate surface area is 172 Å². The Bertz CT molecular complexity index is 823. The van der Waals surface area contributed by atoms with Crippen LogP contribution in [0.1, 0.15) is 56.5 Å². The molecule has 2 amide bonds. The number of nitrogens with zero attached hydrogens (tertiary/aromatic N) is 2. The van der Waals surface area contributed by atoms with Crippen molar-refractivity contribution >= 4 is 11.8 Å². The smallest absolute Gasteiger partial charge is 0.226 e. The number of likely N-dealkylation sites (tertiary alicyclic amines) is 1. The van der Waals surface area contributed by atoms with Gasteiger partial charge in [-0.3, -0.25) is 14.6 Å². The number of aromatic nitrogens is 1. The molecule has 0 radical (unpaired) electrons. The van der Waals surface area contributed by atoms with E-state index in [4.69, 9.17) is 4.74 Å². The fraction of sp³-hybridized carbons (Fsp3) is 0.435. The summed E-state index contributed by atoms with van der Waals surface area (Å²) in [4.78, 5) is 32.1. The molecule has 1 saturated heterocycles. The van der Waals surface area contributed by atoms with Gasteiger partial charge in [-0.2, -0.15) is 0 Å². The number of amides is 2. The molecule has 6 heteroatoms. The van der Waals surface area contributed by atoms with Gasteiger partial charge in [-0.25, -0.2) is 0 Å². The van der Waals surface area contributed by atoms with Crippen molar-refractivity contribution in [2.75, 3.05) is 13.7 Å². The zero-order chi connectivity index (χ0) is 20.8. The lowest BCUT2D eigenvalue weighted by molar-refractivity contribution is -0.129. The summed E-state index contributed by atoms with van der Waals surface area (Å²) in [6, 6.07) is 12.8. The van der Waals surface area contributed by atoms with Gasteiger partial charge in [0.15, 0.2) is 0 Å². The van der Waals surface area contributed by atoms with Crippen molar-refractivity contribution in [2.45, 2.75) is 45.2 Å². The molecule has 154 valence electrons. The van der Waals surface area contributed by atoms with Crippen LogP contribution in [0.3, 0.4) is 0 Å². The summed E-state index contributed by atoms with van der Waals surface area (Å²) >= 11 is 0. The standard InChI is InChI=1S/C23H29N3O3/c1-4-5-14-26-21(27)15-19(22(26)17-9-11-18(29-3)12-10-17)23(28)25-16(2)20-8-6-7-13-24-20/h6-13,16,19,22H,4-5,14-15H2,1-3H3,(H,25,28)/t16-,19+,22+/m0/s1. The van der Waals surface area contributed by atoms with Crippen molar-refractivity contribution in [2.24, 2.45) is 5.92 Å². The van der Waals surface area contributed by atoms with Gasteiger partial charge in [-0.1, -0.05) is 31.5 Å². The number of nitrogens with one attached hydrogen (secondary N) is 1. The number of carbonyl (C=O) groups is 2. The zero-order valence-electron chi connectivity index (χ0n) is 17.3. The van der Waals surface area contributed by atoms with E-state index in [0.717, 1.165) is 29.8 Å². The van der Waals surface area contributed by atoms with Crippen LogP contribution in [0.5, 0.6) is 5.75 Å². The van der Waals surface area contributed by atoms with Gasteiger partial charge in [0.1, 0.15) is 5.75 Å². The average Bonchev–Trinajstić information content (AvgIpc) is 3.09. The SMILES string of the molecule is CCCCN1C(=O)C[C@@H](C(=O)N[C@@H](C)c2ccccn2)[C@H]1c1ccc(OC)cc1. The van der Waals surface area contributed by atoms with Gasteiger partial charge >= 0.3 is 0 Å². The monoisotopic (exact) mass is 395 g/mol. The minimum absolute atomic E-state index is 0.0323. The molecule has 0 saturated carbocycles. The number of hydrogen-bond donors (Lipinski definition) is 1. The van der Waals surface area contributed by atoms with Gasteiger partial charge in [-0.15, -0.1) is 0 Å². The Morgan fingerprint density at radius 3 is 2.66 bits per heavy atom. The predicted molar refractivity (Wildman–Crippen MR) is 111 cm³/mol. The van der Waals surface area contributed by atoms with Gasteiger partial charge < -0.3 is 15.0 Å². The van der Waals surface area contributed by atoms with Gasteiger partial charge in [-0.05, 0) is 43.2 Å². The summed E-state index contributed by atoms with van der Waals surface area (Å²) in [6.45, 7) is 4.67. The summed E-state index contributed by atoms with van der Waals surface area (Å²) in [7, 11) is 1.62. The Morgan fingerprint density at radius 1 is 1.28 bits per heavy atom. The van der Waals surface area contributed by atoms with Crippen molar-refractivity contribution in [3.8, 4) is 5.75 Å². The number of ether oxygens (including phenoxy) is 1. The maximum absolute atomic E-state index is 13.2. The van der Waals surface area contributed by atoms with Gasteiger partial charge in [0.25, 0.3) is 0 Å². The molecule has 2 heterocycles. The third kappa shape index (κ3) is 4.75. The van der Waals surface area contributed by atoms with Crippen LogP contribution in [0.15, 0.2) is 48.7 Å². The highest BCUT2D eigenvalue weighted by Gasteiger charge is 2.44. The van der Waals surface area contributed by atoms with Crippen LogP contribution in [0.25, 0.3) is 0 Å². The van der Waals surface area contributed by atoms with Crippen LogP contribution in [0, 0.1) is 5.92 Å². The first-order chi connectivity index (χ1) is 14.0. The lowest BCUT2D eigenvalue weighted by Crippen LogP contribution is -2.37. The van der Waals surface area contributed by atoms with E-state index in [1.807, 2.05) is 54.3 Å². The molecule has 0 unspecified atom stereocenters. The predicted octanol–water partition coefficient (Wildman–Crippen LogP) is 3.66. The van der Waals surface area contributed by atoms with E-state index in [-0.39, 0.29) is 30.3 Å². The van der Waals surface area contributed by atoms with E-state index in [9.17, 15) is 9.59 Å². The number of methoxy groups -OCH3 is 1. The first-order valence-electron chi connectivity index (χ1n) is 10.2. The van der Waals surface area contributed by atoms with Crippen LogP contribution in [0.4, 0.5) is 0 Å². The van der Waals surface area contributed by atoms with Gasteiger partial charge in [0, 0.05) is 19.2 Å². The molecular formula is C23H29N3O3. The van der Waals surface area contributed by atoms with Crippen molar-refractivity contribution in [3.63, 3.8) is 0 Å². The second kappa shape index (κ2) is 9.54. The molecule has 3 rings (SSSR count). The highest BCUT2D eigenvalue weighted by Crippen LogP contribution is 2.39. The van der Waals surface area contributed by atoms with Crippen molar-refractivity contribution < 1.29 is 14.3 Å². The second-order valence-corrected chi connectivity index (χ2v) is 7.45. The fourth-order valence-corrected chi connectivity index (χ4v) is 3.86. The molecule has 0 spiro atoms. The molecule has 6 nitrogen and oxygen atoms in total. The van der Waals surface area contributed by atoms with E-state index >= 15 is 0 Å². The maximum Gasteiger partial charge on any atom is 0.226 e. The number of rotatable bonds is 8. The molecule has 2 aromatic rings. The van der Waals surface area contributed by atoms with E-state index in [0.29, 0.717) is 6.54 Å². The topological polar surface area (TPSA) is 71.5 Å². The van der Waals surface area contributed by atoms with E-state index in [1.54, 1.807) is 13.3 Å². The number of carbonyl (C=O) groups excluding carboxylic acids is 2. The van der Waals surface area contributed by atoms with Crippen molar-refractivity contribution in [3.05, 3.63) is 59.9 Å². The number of pyridine rings is 1. The van der Waals surface area contributed by atoms with E-state index in [2.05, 4.69) is 17.2 Å². The van der Waals surface area contributed by atoms with E-state index < -0.39 is 5.92 Å². The minimum atomic E-state index is -0.432. The molecule has 1 aromatic carbocycles. The van der Waals surface area contributed by atoms with Crippen LogP contribution in [-0.4, -0.2) is 35.4 Å². The largest absolute Gasteiger partial charge is 0.497 e. The maximum atomic E-state index is 13.2. The molecule has 0 aliphatic carbocycles. The molecule has 1 aliphatic rings. The first-order valence-corrected chi connectivity index (χ1v) is 10.2. The summed E-state index contributed by atoms with van der Waals surface area (Å²) in [5.41, 5.74) is 1.76. The van der Waals surface area contributed by atoms with Gasteiger partial charge in [0.05, 0.1) is 30.8 Å². The average molecular weight is 396 g/mol. The minimum Gasteiger partial charge on any atom is -0.497 e. The Morgan fingerprint density at radius 2 is 2.03 bits per heavy atom. The zero-order valence-corrected chi connectivity index (χ0v) is 17.3. The number of hydrogen-bond acceptors (Lipinski definition) is 4. The summed E-state index contributed by atoms with van der Waals surface area (Å²) in [6.07, 6.45) is 3.84. The van der Waals surface area contributed by atoms with Crippen LogP contribution in [0.2, 0.25) is 0 Å². The summed E-state index contributed by atoms with van der Waals surface area (Å²) in [5.74, 6) is 0.239. The lowest BCUT2D eigenvalue weighted by atomic mass is 9.92. The Balaban J connectivity index is 1.83. The molecule has 1 fully saturated rings. The molecule has 3 atom stereocenters. The molecule has 1 aromatic heterocycles. The van der Waals surface area contributed by atoms with Crippen LogP contribution < -0.4 is 10.1 Å². The third-order valence-corrected chi connectivity index (χ3v) is 5.47. The highest BCUT2D eigenvalue weighted by molar-refractivity contribution is 5.90. The molecule has 29 heavy (non-hydrogen) atoms. The number of unbranched alkanes of at least 4 members (excludes halogenated alkanes) is 1. The lowest BCUT2D eigenvalue weighted by Gasteiger charge is -2.29. The first kappa shape index (κ1) is 20.8. The summed E-state index contributed by atoms with van der Waals surface area (Å²) < 4.78 is 5.25. The summed E-state index contributed by atoms with van der Waals surface area (Å²) in [5, 5.41) is 3.05. The number of benzene rings is 1. The van der Waals surface area contributed by atoms with Crippen LogP contribution >= 0.6 is 0 Å².